The highest BCUT2D eigenvalue weighted by Crippen LogP contribution is 2.56. The van der Waals surface area contributed by atoms with Crippen molar-refractivity contribution in [3.8, 4) is 0 Å². The van der Waals surface area contributed by atoms with E-state index in [1.807, 2.05) is 6.07 Å². The second kappa shape index (κ2) is 7.33. The van der Waals surface area contributed by atoms with Gasteiger partial charge in [-0.3, -0.25) is 0 Å². The van der Waals surface area contributed by atoms with Gasteiger partial charge in [0.25, 0.3) is 0 Å². The smallest absolute Gasteiger partial charge is 0.192 e. The first-order valence-electron chi connectivity index (χ1n) is 11.3. The fourth-order valence-electron chi connectivity index (χ4n) is 5.08. The van der Waals surface area contributed by atoms with Crippen LogP contribution in [-0.2, 0) is 20.5 Å². The predicted molar refractivity (Wildman–Crippen MR) is 120 cm³/mol. The molecule has 0 N–H and O–H groups in total. The van der Waals surface area contributed by atoms with Crippen LogP contribution in [0, 0.1) is 5.92 Å². The van der Waals surface area contributed by atoms with Crippen molar-refractivity contribution in [2.75, 3.05) is 0 Å². The van der Waals surface area contributed by atoms with Gasteiger partial charge in [0, 0.05) is 12.3 Å². The first-order valence-corrected chi connectivity index (χ1v) is 14.2. The van der Waals surface area contributed by atoms with E-state index in [0.717, 1.165) is 12.8 Å². The molecule has 0 radical (unpaired) electrons. The fourth-order valence-corrected chi connectivity index (χ4v) is 6.46. The minimum atomic E-state index is -1.88. The number of fused-ring (bicyclic) bond motifs is 1. The van der Waals surface area contributed by atoms with Crippen molar-refractivity contribution in [2.45, 2.75) is 102 Å². The molecule has 1 saturated carbocycles. The molecule has 1 aromatic carbocycles. The van der Waals surface area contributed by atoms with E-state index in [0.29, 0.717) is 12.5 Å². The molecule has 1 spiro atoms. The molecule has 2 bridgehead atoms. The van der Waals surface area contributed by atoms with Gasteiger partial charge in [-0.15, -0.1) is 0 Å². The van der Waals surface area contributed by atoms with E-state index in [4.69, 9.17) is 13.9 Å². The largest absolute Gasteiger partial charge is 0.411 e. The van der Waals surface area contributed by atoms with Crippen molar-refractivity contribution < 1.29 is 13.9 Å². The van der Waals surface area contributed by atoms with E-state index < -0.39 is 8.32 Å². The summed E-state index contributed by atoms with van der Waals surface area (Å²) in [5.41, 5.74) is 0.615. The summed E-state index contributed by atoms with van der Waals surface area (Å²) in [6, 6.07) is 10.5. The van der Waals surface area contributed by atoms with Crippen LogP contribution >= 0.6 is 0 Å². The van der Waals surface area contributed by atoms with Crippen LogP contribution in [0.25, 0.3) is 0 Å². The lowest BCUT2D eigenvalue weighted by Gasteiger charge is -2.52. The van der Waals surface area contributed by atoms with E-state index in [2.05, 4.69) is 77.2 Å². The van der Waals surface area contributed by atoms with E-state index in [1.54, 1.807) is 0 Å². The summed E-state index contributed by atoms with van der Waals surface area (Å²) in [6.45, 7) is 14.5. The molecule has 4 rings (SSSR count). The third-order valence-electron chi connectivity index (χ3n) is 7.90. The molecule has 1 saturated heterocycles. The van der Waals surface area contributed by atoms with Gasteiger partial charge in [-0.2, -0.15) is 0 Å². The molecule has 2 unspecified atom stereocenters. The lowest BCUT2D eigenvalue weighted by atomic mass is 9.72. The molecule has 160 valence electrons. The fraction of sp³-hybridized carbons (Fsp3) is 0.680. The Balaban J connectivity index is 1.57. The zero-order chi connectivity index (χ0) is 20.9. The lowest BCUT2D eigenvalue weighted by molar-refractivity contribution is -0.180. The molecular weight excluding hydrogens is 376 g/mol. The van der Waals surface area contributed by atoms with Gasteiger partial charge in [-0.25, -0.2) is 0 Å². The van der Waals surface area contributed by atoms with Crippen LogP contribution < -0.4 is 0 Å². The Hall–Kier alpha value is -0.943. The molecule has 2 aliphatic heterocycles. The summed E-state index contributed by atoms with van der Waals surface area (Å²) in [5.74, 6) is 0.435. The quantitative estimate of drug-likeness (QED) is 0.421. The Labute approximate surface area is 178 Å². The zero-order valence-electron chi connectivity index (χ0n) is 19.0. The number of rotatable bonds is 5. The summed E-state index contributed by atoms with van der Waals surface area (Å²) in [4.78, 5) is 0. The molecule has 5 atom stereocenters. The van der Waals surface area contributed by atoms with Crippen LogP contribution in [0.4, 0.5) is 0 Å². The summed E-state index contributed by atoms with van der Waals surface area (Å²) >= 11 is 0. The van der Waals surface area contributed by atoms with Crippen molar-refractivity contribution in [1.29, 1.82) is 0 Å². The normalized spacial score (nSPS) is 36.8. The minimum absolute atomic E-state index is 0.0626. The maximum Gasteiger partial charge on any atom is 0.192 e. The second-order valence-electron chi connectivity index (χ2n) is 11.0. The van der Waals surface area contributed by atoms with Gasteiger partial charge in [0.15, 0.2) is 8.32 Å². The first kappa shape index (κ1) is 21.3. The van der Waals surface area contributed by atoms with Crippen molar-refractivity contribution in [1.82, 2.24) is 0 Å². The average Bonchev–Trinajstić information content (AvgIpc) is 2.88. The topological polar surface area (TPSA) is 27.7 Å². The van der Waals surface area contributed by atoms with Crippen molar-refractivity contribution >= 4 is 8.32 Å². The maximum atomic E-state index is 7.01. The number of hydrogen-bond acceptors (Lipinski definition) is 3. The molecule has 1 aliphatic carbocycles. The number of ether oxygens (including phenoxy) is 2. The van der Waals surface area contributed by atoms with Crippen LogP contribution in [0.15, 0.2) is 42.5 Å². The maximum absolute atomic E-state index is 7.01. The molecule has 0 amide bonds. The minimum Gasteiger partial charge on any atom is -0.411 e. The van der Waals surface area contributed by atoms with Gasteiger partial charge in [0.05, 0.1) is 18.8 Å². The van der Waals surface area contributed by atoms with Gasteiger partial charge in [0.1, 0.15) is 11.2 Å². The van der Waals surface area contributed by atoms with E-state index >= 15 is 0 Å². The van der Waals surface area contributed by atoms with Gasteiger partial charge in [-0.05, 0) is 43.5 Å². The summed E-state index contributed by atoms with van der Waals surface area (Å²) in [6.07, 6.45) is 9.33. The Morgan fingerprint density at radius 2 is 1.83 bits per heavy atom. The highest BCUT2D eigenvalue weighted by molar-refractivity contribution is 6.74. The molecule has 1 aromatic rings. The van der Waals surface area contributed by atoms with Crippen LogP contribution in [-0.4, -0.2) is 31.7 Å². The average molecular weight is 415 g/mol. The highest BCUT2D eigenvalue weighted by atomic mass is 28.4. The van der Waals surface area contributed by atoms with Crippen molar-refractivity contribution in [3.63, 3.8) is 0 Å². The number of benzene rings is 1. The SMILES string of the molecule is CC(C)(C)[Si](C)(C)OC1CCCC2C=C[C@]3(C)O[C@@]21C[C@H]3OCc1ccccc1. The van der Waals surface area contributed by atoms with Crippen LogP contribution in [0.2, 0.25) is 18.1 Å². The van der Waals surface area contributed by atoms with Crippen molar-refractivity contribution in [2.24, 2.45) is 5.92 Å². The molecule has 29 heavy (non-hydrogen) atoms. The Kier molecular flexibility index (Phi) is 5.38. The summed E-state index contributed by atoms with van der Waals surface area (Å²) < 4.78 is 20.4. The zero-order valence-corrected chi connectivity index (χ0v) is 20.0. The lowest BCUT2D eigenvalue weighted by Crippen LogP contribution is -2.58. The molecular formula is C25H38O3Si. The summed E-state index contributed by atoms with van der Waals surface area (Å²) in [7, 11) is -1.88. The molecule has 0 aromatic heterocycles. The molecule has 3 nitrogen and oxygen atoms in total. The Bertz CT molecular complexity index is 753. The monoisotopic (exact) mass is 414 g/mol. The van der Waals surface area contributed by atoms with Crippen molar-refractivity contribution in [3.05, 3.63) is 48.0 Å². The Morgan fingerprint density at radius 3 is 2.52 bits per heavy atom. The highest BCUT2D eigenvalue weighted by Gasteiger charge is 2.63. The van der Waals surface area contributed by atoms with Crippen LogP contribution in [0.1, 0.15) is 58.9 Å². The molecule has 2 fully saturated rings. The molecule has 4 heteroatoms. The second-order valence-corrected chi connectivity index (χ2v) is 15.7. The molecule has 3 aliphatic rings. The van der Waals surface area contributed by atoms with Crippen LogP contribution in [0.3, 0.4) is 0 Å². The number of hydrogen-bond donors (Lipinski definition) is 0. The van der Waals surface area contributed by atoms with E-state index in [9.17, 15) is 0 Å². The molecule has 2 heterocycles. The van der Waals surface area contributed by atoms with Gasteiger partial charge < -0.3 is 13.9 Å². The van der Waals surface area contributed by atoms with E-state index in [1.165, 1.54) is 18.4 Å². The summed E-state index contributed by atoms with van der Waals surface area (Å²) in [5, 5.41) is 0.201. The predicted octanol–water partition coefficient (Wildman–Crippen LogP) is 6.25. The van der Waals surface area contributed by atoms with Crippen LogP contribution in [0.5, 0.6) is 0 Å². The third kappa shape index (κ3) is 3.78. The standard InChI is InChI=1S/C25H38O3Si/c1-23(2,3)29(5,6)27-21-14-10-13-20-15-16-24(4)22(17-25(20,21)28-24)26-18-19-11-8-7-9-12-19/h7-9,11-12,15-16,20-22H,10,13-14,17-18H2,1-6H3/t20?,21?,22-,24+,25+/m1/s1. The first-order chi connectivity index (χ1) is 13.6. The van der Waals surface area contributed by atoms with Gasteiger partial charge >= 0.3 is 0 Å². The Morgan fingerprint density at radius 1 is 1.10 bits per heavy atom. The van der Waals surface area contributed by atoms with Gasteiger partial charge in [-0.1, -0.05) is 69.7 Å². The van der Waals surface area contributed by atoms with Gasteiger partial charge in [0.2, 0.25) is 0 Å². The third-order valence-corrected chi connectivity index (χ3v) is 12.4. The van der Waals surface area contributed by atoms with E-state index in [-0.39, 0.29) is 28.4 Å².